The van der Waals surface area contributed by atoms with Gasteiger partial charge in [-0.05, 0) is 25.6 Å². The van der Waals surface area contributed by atoms with Crippen LogP contribution in [-0.4, -0.2) is 44.7 Å². The predicted octanol–water partition coefficient (Wildman–Crippen LogP) is -0.0105. The number of nitrogens with one attached hydrogen (secondary N) is 3. The van der Waals surface area contributed by atoms with E-state index in [0.29, 0.717) is 6.54 Å². The molecule has 0 bridgehead atoms. The molecule has 1 heterocycles. The third-order valence-corrected chi connectivity index (χ3v) is 3.45. The van der Waals surface area contributed by atoms with E-state index in [1.807, 2.05) is 0 Å². The van der Waals surface area contributed by atoms with Crippen molar-refractivity contribution in [3.63, 3.8) is 0 Å². The molecule has 106 valence electrons. The van der Waals surface area contributed by atoms with Gasteiger partial charge in [0, 0.05) is 38.4 Å². The molecule has 1 aliphatic heterocycles. The lowest BCUT2D eigenvalue weighted by Crippen LogP contribution is -2.44. The number of hydrogen-bond donors (Lipinski definition) is 4. The second kappa shape index (κ2) is 6.86. The maximum absolute atomic E-state index is 9.54. The lowest BCUT2D eigenvalue weighted by Gasteiger charge is -2.31. The van der Waals surface area contributed by atoms with Gasteiger partial charge in [0.2, 0.25) is 0 Å². The highest BCUT2D eigenvalue weighted by atomic mass is 16.3. The Kier molecular flexibility index (Phi) is 5.15. The van der Waals surface area contributed by atoms with Gasteiger partial charge in [-0.15, -0.1) is 0 Å². The van der Waals surface area contributed by atoms with Crippen molar-refractivity contribution in [1.29, 1.82) is 0 Å². The third-order valence-electron chi connectivity index (χ3n) is 3.45. The number of hydrogen-bond acceptors (Lipinski definition) is 5. The van der Waals surface area contributed by atoms with Gasteiger partial charge in [-0.3, -0.25) is 10.6 Å². The van der Waals surface area contributed by atoms with E-state index in [1.54, 1.807) is 7.05 Å². The molecular weight excluding hydrogens is 240 g/mol. The molecule has 2 rings (SSSR count). The molecule has 1 aromatic rings. The molecule has 19 heavy (non-hydrogen) atoms. The van der Waals surface area contributed by atoms with E-state index >= 15 is 0 Å². The maximum Gasteiger partial charge on any atom is 0.160 e. The molecule has 0 radical (unpaired) electrons. The number of aryl methyl sites for hydroxylation is 1. The molecule has 1 saturated heterocycles. The standard InChI is InChI=1S/C14H24N4O/c1-11-3-4-13(18-7-5-16-6-8-18)12(9-11)10-17-14(19)15-2/h3-4,9,14-17,19H,5-8,10H2,1-2H3. The van der Waals surface area contributed by atoms with Crippen LogP contribution in [0.2, 0.25) is 0 Å². The van der Waals surface area contributed by atoms with Crippen LogP contribution < -0.4 is 20.9 Å². The van der Waals surface area contributed by atoms with E-state index in [4.69, 9.17) is 0 Å². The van der Waals surface area contributed by atoms with Gasteiger partial charge < -0.3 is 15.3 Å². The summed E-state index contributed by atoms with van der Waals surface area (Å²) in [6, 6.07) is 6.52. The van der Waals surface area contributed by atoms with Gasteiger partial charge in [-0.2, -0.15) is 0 Å². The van der Waals surface area contributed by atoms with Crippen LogP contribution in [0.5, 0.6) is 0 Å². The van der Waals surface area contributed by atoms with Crippen LogP contribution in [0.1, 0.15) is 11.1 Å². The van der Waals surface area contributed by atoms with Crippen molar-refractivity contribution in [3.05, 3.63) is 29.3 Å². The zero-order valence-electron chi connectivity index (χ0n) is 11.7. The monoisotopic (exact) mass is 264 g/mol. The molecule has 1 aliphatic rings. The van der Waals surface area contributed by atoms with Gasteiger partial charge in [0.15, 0.2) is 6.35 Å². The number of aliphatic hydroxyl groups is 1. The number of piperazine rings is 1. The number of anilines is 1. The lowest BCUT2D eigenvalue weighted by atomic mass is 10.1. The first-order valence-electron chi connectivity index (χ1n) is 6.84. The first-order chi connectivity index (χ1) is 9.20. The Morgan fingerprint density at radius 2 is 2.11 bits per heavy atom. The quantitative estimate of drug-likeness (QED) is 0.564. The number of rotatable bonds is 5. The molecule has 0 spiro atoms. The summed E-state index contributed by atoms with van der Waals surface area (Å²) < 4.78 is 0. The zero-order valence-corrected chi connectivity index (χ0v) is 11.7. The van der Waals surface area contributed by atoms with E-state index in [-0.39, 0.29) is 0 Å². The van der Waals surface area contributed by atoms with Gasteiger partial charge in [0.05, 0.1) is 0 Å². The topological polar surface area (TPSA) is 59.6 Å². The van der Waals surface area contributed by atoms with Crippen molar-refractivity contribution in [3.8, 4) is 0 Å². The van der Waals surface area contributed by atoms with Crippen LogP contribution in [0.15, 0.2) is 18.2 Å². The molecule has 1 fully saturated rings. The molecule has 5 heteroatoms. The number of aliphatic hydroxyl groups excluding tert-OH is 1. The summed E-state index contributed by atoms with van der Waals surface area (Å²) >= 11 is 0. The van der Waals surface area contributed by atoms with Crippen LogP contribution >= 0.6 is 0 Å². The third kappa shape index (κ3) is 3.91. The predicted molar refractivity (Wildman–Crippen MR) is 78.2 cm³/mol. The normalized spacial score (nSPS) is 17.5. The molecule has 5 nitrogen and oxygen atoms in total. The van der Waals surface area contributed by atoms with Crippen LogP contribution in [0.25, 0.3) is 0 Å². The molecule has 0 aliphatic carbocycles. The smallest absolute Gasteiger partial charge is 0.160 e. The van der Waals surface area contributed by atoms with Gasteiger partial charge in [-0.1, -0.05) is 17.7 Å². The van der Waals surface area contributed by atoms with Crippen LogP contribution in [-0.2, 0) is 6.54 Å². The van der Waals surface area contributed by atoms with E-state index < -0.39 is 6.35 Å². The zero-order chi connectivity index (χ0) is 13.7. The average Bonchev–Trinajstić information content (AvgIpc) is 2.45. The molecular formula is C14H24N4O. The molecule has 0 saturated carbocycles. The Bertz CT molecular complexity index is 404. The Balaban J connectivity index is 2.12. The molecule has 0 amide bonds. The average molecular weight is 264 g/mol. The minimum atomic E-state index is -0.670. The van der Waals surface area contributed by atoms with Gasteiger partial charge >= 0.3 is 0 Å². The fourth-order valence-corrected chi connectivity index (χ4v) is 2.38. The summed E-state index contributed by atoms with van der Waals surface area (Å²) in [7, 11) is 1.73. The molecule has 1 unspecified atom stereocenters. The highest BCUT2D eigenvalue weighted by molar-refractivity contribution is 5.55. The molecule has 1 atom stereocenters. The lowest BCUT2D eigenvalue weighted by molar-refractivity contribution is 0.108. The minimum Gasteiger partial charge on any atom is -0.369 e. The summed E-state index contributed by atoms with van der Waals surface area (Å²) in [6.45, 7) is 6.87. The Morgan fingerprint density at radius 1 is 1.37 bits per heavy atom. The fourth-order valence-electron chi connectivity index (χ4n) is 2.38. The second-order valence-corrected chi connectivity index (χ2v) is 4.94. The minimum absolute atomic E-state index is 0.656. The largest absolute Gasteiger partial charge is 0.369 e. The van der Waals surface area contributed by atoms with Crippen molar-refractivity contribution in [2.75, 3.05) is 38.1 Å². The van der Waals surface area contributed by atoms with Gasteiger partial charge in [-0.25, -0.2) is 0 Å². The van der Waals surface area contributed by atoms with Gasteiger partial charge in [0.25, 0.3) is 0 Å². The van der Waals surface area contributed by atoms with E-state index in [0.717, 1.165) is 26.2 Å². The summed E-state index contributed by atoms with van der Waals surface area (Å²) in [4.78, 5) is 2.40. The molecule has 4 N–H and O–H groups in total. The van der Waals surface area contributed by atoms with Crippen LogP contribution in [0, 0.1) is 6.92 Å². The first-order valence-corrected chi connectivity index (χ1v) is 6.84. The highest BCUT2D eigenvalue weighted by Crippen LogP contribution is 2.22. The first kappa shape index (κ1) is 14.3. The maximum atomic E-state index is 9.54. The van der Waals surface area contributed by atoms with Crippen LogP contribution in [0.3, 0.4) is 0 Å². The van der Waals surface area contributed by atoms with Crippen molar-refractivity contribution in [2.24, 2.45) is 0 Å². The van der Waals surface area contributed by atoms with Crippen molar-refractivity contribution < 1.29 is 5.11 Å². The summed E-state index contributed by atoms with van der Waals surface area (Å²) in [5.74, 6) is 0. The SMILES string of the molecule is CNC(O)NCc1cc(C)ccc1N1CCNCC1. The van der Waals surface area contributed by atoms with Gasteiger partial charge in [0.1, 0.15) is 0 Å². The van der Waals surface area contributed by atoms with E-state index in [9.17, 15) is 5.11 Å². The fraction of sp³-hybridized carbons (Fsp3) is 0.571. The second-order valence-electron chi connectivity index (χ2n) is 4.94. The number of benzene rings is 1. The Morgan fingerprint density at radius 3 is 2.79 bits per heavy atom. The van der Waals surface area contributed by atoms with E-state index in [2.05, 4.69) is 46.0 Å². The van der Waals surface area contributed by atoms with Crippen molar-refractivity contribution in [2.45, 2.75) is 19.8 Å². The molecule has 0 aromatic heterocycles. The summed E-state index contributed by atoms with van der Waals surface area (Å²) in [6.07, 6.45) is -0.670. The van der Waals surface area contributed by atoms with Crippen LogP contribution in [0.4, 0.5) is 5.69 Å². The number of nitrogens with zero attached hydrogens (tertiary/aromatic N) is 1. The summed E-state index contributed by atoms with van der Waals surface area (Å²) in [5, 5.41) is 18.7. The van der Waals surface area contributed by atoms with Crippen molar-refractivity contribution >= 4 is 5.69 Å². The van der Waals surface area contributed by atoms with E-state index in [1.165, 1.54) is 16.8 Å². The van der Waals surface area contributed by atoms with Crippen molar-refractivity contribution in [1.82, 2.24) is 16.0 Å². The Labute approximate surface area is 115 Å². The molecule has 1 aromatic carbocycles. The Hall–Kier alpha value is -1.14. The highest BCUT2D eigenvalue weighted by Gasteiger charge is 2.14. The summed E-state index contributed by atoms with van der Waals surface area (Å²) in [5.41, 5.74) is 3.74.